The molecule has 1 aromatic rings. The quantitative estimate of drug-likeness (QED) is 0.557. The van der Waals surface area contributed by atoms with Crippen molar-refractivity contribution in [3.8, 4) is 5.75 Å². The topological polar surface area (TPSA) is 26.3 Å². The average Bonchev–Trinajstić information content (AvgIpc) is 2.25. The molecular formula is C14H18O2. The van der Waals surface area contributed by atoms with Crippen molar-refractivity contribution in [2.24, 2.45) is 0 Å². The number of hydrogen-bond acceptors (Lipinski definition) is 2. The van der Waals surface area contributed by atoms with Crippen LogP contribution in [0.5, 0.6) is 5.75 Å². The van der Waals surface area contributed by atoms with Gasteiger partial charge in [-0.1, -0.05) is 24.6 Å². The molecule has 16 heavy (non-hydrogen) atoms. The van der Waals surface area contributed by atoms with Crippen LogP contribution in [0.2, 0.25) is 0 Å². The van der Waals surface area contributed by atoms with Crippen LogP contribution < -0.4 is 4.74 Å². The Labute approximate surface area is 96.9 Å². The van der Waals surface area contributed by atoms with Crippen LogP contribution in [0.4, 0.5) is 0 Å². The second-order valence-corrected chi connectivity index (χ2v) is 3.93. The number of allylic oxidation sites excluding steroid dienone is 2. The van der Waals surface area contributed by atoms with Crippen molar-refractivity contribution in [2.75, 3.05) is 6.61 Å². The molecule has 1 aromatic carbocycles. The monoisotopic (exact) mass is 218 g/mol. The third kappa shape index (κ3) is 3.54. The van der Waals surface area contributed by atoms with Gasteiger partial charge in [-0.25, -0.2) is 0 Å². The van der Waals surface area contributed by atoms with Crippen LogP contribution in [0, 0.1) is 0 Å². The van der Waals surface area contributed by atoms with Crippen LogP contribution in [-0.4, -0.2) is 12.4 Å². The zero-order valence-corrected chi connectivity index (χ0v) is 10.1. The standard InChI is InChI=1S/C14H18O2/c1-4-9-16-14-8-6-5-7-12(14)13(15)10-11(2)3/h5-8,10H,4,9H2,1-3H3. The second kappa shape index (κ2) is 6.11. The number of hydrogen-bond donors (Lipinski definition) is 0. The van der Waals surface area contributed by atoms with Gasteiger partial charge in [-0.3, -0.25) is 4.79 Å². The highest BCUT2D eigenvalue weighted by molar-refractivity contribution is 6.06. The Hall–Kier alpha value is -1.57. The van der Waals surface area contributed by atoms with E-state index in [0.29, 0.717) is 17.9 Å². The van der Waals surface area contributed by atoms with Crippen molar-refractivity contribution < 1.29 is 9.53 Å². The van der Waals surface area contributed by atoms with Crippen LogP contribution >= 0.6 is 0 Å². The maximum absolute atomic E-state index is 11.9. The smallest absolute Gasteiger partial charge is 0.189 e. The maximum atomic E-state index is 11.9. The van der Waals surface area contributed by atoms with Crippen LogP contribution in [0.3, 0.4) is 0 Å². The van der Waals surface area contributed by atoms with Crippen molar-refractivity contribution in [1.29, 1.82) is 0 Å². The number of ether oxygens (including phenoxy) is 1. The summed E-state index contributed by atoms with van der Waals surface area (Å²) in [5, 5.41) is 0. The Morgan fingerprint density at radius 2 is 2.00 bits per heavy atom. The van der Waals surface area contributed by atoms with E-state index in [2.05, 4.69) is 0 Å². The highest BCUT2D eigenvalue weighted by Gasteiger charge is 2.09. The van der Waals surface area contributed by atoms with E-state index in [-0.39, 0.29) is 5.78 Å². The molecule has 0 heterocycles. The van der Waals surface area contributed by atoms with Gasteiger partial charge in [0.2, 0.25) is 0 Å². The largest absolute Gasteiger partial charge is 0.493 e. The van der Waals surface area contributed by atoms with Gasteiger partial charge in [-0.05, 0) is 38.5 Å². The molecule has 0 unspecified atom stereocenters. The van der Waals surface area contributed by atoms with Crippen LogP contribution in [0.15, 0.2) is 35.9 Å². The van der Waals surface area contributed by atoms with Crippen LogP contribution in [0.25, 0.3) is 0 Å². The predicted octanol–water partition coefficient (Wildman–Crippen LogP) is 3.62. The molecule has 0 aromatic heterocycles. The van der Waals surface area contributed by atoms with Gasteiger partial charge in [0.05, 0.1) is 12.2 Å². The molecule has 0 amide bonds. The molecule has 0 aliphatic rings. The summed E-state index contributed by atoms with van der Waals surface area (Å²) in [6, 6.07) is 7.36. The summed E-state index contributed by atoms with van der Waals surface area (Å²) in [5.74, 6) is 0.679. The number of carbonyl (C=O) groups excluding carboxylic acids is 1. The molecule has 2 nitrogen and oxygen atoms in total. The zero-order chi connectivity index (χ0) is 12.0. The molecule has 0 spiro atoms. The van der Waals surface area contributed by atoms with E-state index in [0.717, 1.165) is 12.0 Å². The highest BCUT2D eigenvalue weighted by atomic mass is 16.5. The van der Waals surface area contributed by atoms with E-state index in [1.165, 1.54) is 0 Å². The fourth-order valence-electron chi connectivity index (χ4n) is 1.35. The van der Waals surface area contributed by atoms with Gasteiger partial charge < -0.3 is 4.74 Å². The fourth-order valence-corrected chi connectivity index (χ4v) is 1.35. The molecule has 0 aliphatic heterocycles. The molecule has 0 bridgehead atoms. The Bertz CT molecular complexity index is 387. The van der Waals surface area contributed by atoms with E-state index in [1.807, 2.05) is 39.0 Å². The molecule has 0 aliphatic carbocycles. The molecule has 0 fully saturated rings. The third-order valence-electron chi connectivity index (χ3n) is 2.03. The SMILES string of the molecule is CCCOc1ccccc1C(=O)C=C(C)C. The van der Waals surface area contributed by atoms with Gasteiger partial charge >= 0.3 is 0 Å². The molecule has 86 valence electrons. The van der Waals surface area contributed by atoms with Gasteiger partial charge in [0.25, 0.3) is 0 Å². The van der Waals surface area contributed by atoms with E-state index in [1.54, 1.807) is 12.1 Å². The second-order valence-electron chi connectivity index (χ2n) is 3.93. The van der Waals surface area contributed by atoms with E-state index in [9.17, 15) is 4.79 Å². The van der Waals surface area contributed by atoms with Crippen molar-refractivity contribution in [3.05, 3.63) is 41.5 Å². The predicted molar refractivity (Wildman–Crippen MR) is 66.0 cm³/mol. The summed E-state index contributed by atoms with van der Waals surface area (Å²) >= 11 is 0. The minimum absolute atomic E-state index is 0.00621. The van der Waals surface area contributed by atoms with Gasteiger partial charge in [-0.15, -0.1) is 0 Å². The molecule has 1 rings (SSSR count). The van der Waals surface area contributed by atoms with Gasteiger partial charge in [0.15, 0.2) is 5.78 Å². The molecule has 0 N–H and O–H groups in total. The van der Waals surface area contributed by atoms with Gasteiger partial charge in [0, 0.05) is 0 Å². The minimum Gasteiger partial charge on any atom is -0.493 e. The first-order valence-corrected chi connectivity index (χ1v) is 5.56. The lowest BCUT2D eigenvalue weighted by molar-refractivity contribution is 0.104. The maximum Gasteiger partial charge on any atom is 0.189 e. The average molecular weight is 218 g/mol. The molecular weight excluding hydrogens is 200 g/mol. The lowest BCUT2D eigenvalue weighted by atomic mass is 10.1. The molecule has 0 radical (unpaired) electrons. The van der Waals surface area contributed by atoms with Crippen molar-refractivity contribution in [2.45, 2.75) is 27.2 Å². The first-order chi connectivity index (χ1) is 7.65. The number of para-hydroxylation sites is 1. The van der Waals surface area contributed by atoms with Crippen molar-refractivity contribution >= 4 is 5.78 Å². The zero-order valence-electron chi connectivity index (χ0n) is 10.1. The fraction of sp³-hybridized carbons (Fsp3) is 0.357. The summed E-state index contributed by atoms with van der Waals surface area (Å²) < 4.78 is 5.54. The van der Waals surface area contributed by atoms with E-state index in [4.69, 9.17) is 4.74 Å². The molecule has 0 atom stereocenters. The summed E-state index contributed by atoms with van der Waals surface area (Å²) in [5.41, 5.74) is 1.63. The lowest BCUT2D eigenvalue weighted by Gasteiger charge is -2.08. The van der Waals surface area contributed by atoms with Crippen molar-refractivity contribution in [3.63, 3.8) is 0 Å². The van der Waals surface area contributed by atoms with E-state index >= 15 is 0 Å². The molecule has 2 heteroatoms. The molecule has 0 saturated carbocycles. The summed E-state index contributed by atoms with van der Waals surface area (Å²) in [7, 11) is 0. The Morgan fingerprint density at radius 3 is 2.62 bits per heavy atom. The highest BCUT2D eigenvalue weighted by Crippen LogP contribution is 2.19. The number of benzene rings is 1. The van der Waals surface area contributed by atoms with Crippen LogP contribution in [-0.2, 0) is 0 Å². The van der Waals surface area contributed by atoms with Gasteiger partial charge in [0.1, 0.15) is 5.75 Å². The summed E-state index contributed by atoms with van der Waals surface area (Å²) in [4.78, 5) is 11.9. The van der Waals surface area contributed by atoms with Crippen LogP contribution in [0.1, 0.15) is 37.6 Å². The summed E-state index contributed by atoms with van der Waals surface area (Å²) in [6.07, 6.45) is 2.57. The Morgan fingerprint density at radius 1 is 1.31 bits per heavy atom. The first-order valence-electron chi connectivity index (χ1n) is 5.56. The first kappa shape index (κ1) is 12.5. The number of carbonyl (C=O) groups is 1. The van der Waals surface area contributed by atoms with Crippen molar-refractivity contribution in [1.82, 2.24) is 0 Å². The van der Waals surface area contributed by atoms with Gasteiger partial charge in [-0.2, -0.15) is 0 Å². The Kier molecular flexibility index (Phi) is 4.77. The Balaban J connectivity index is 2.94. The third-order valence-corrected chi connectivity index (χ3v) is 2.03. The summed E-state index contributed by atoms with van der Waals surface area (Å²) in [6.45, 7) is 6.50. The molecule has 0 saturated heterocycles. The minimum atomic E-state index is 0.00621. The number of rotatable bonds is 5. The lowest BCUT2D eigenvalue weighted by Crippen LogP contribution is -2.02. The normalized spacial score (nSPS) is 9.69. The number of ketones is 1. The van der Waals surface area contributed by atoms with E-state index < -0.39 is 0 Å².